The summed E-state index contributed by atoms with van der Waals surface area (Å²) in [4.78, 5) is 29.3. The Morgan fingerprint density at radius 1 is 1.17 bits per heavy atom. The molecule has 0 aliphatic carbocycles. The van der Waals surface area contributed by atoms with E-state index in [1.165, 1.54) is 0 Å². The van der Waals surface area contributed by atoms with Crippen molar-refractivity contribution in [2.75, 3.05) is 0 Å². The molecule has 0 aliphatic heterocycles. The highest BCUT2D eigenvalue weighted by Gasteiger charge is 2.34. The van der Waals surface area contributed by atoms with Crippen LogP contribution in [0.2, 0.25) is 0 Å². The van der Waals surface area contributed by atoms with Crippen LogP contribution in [-0.4, -0.2) is 31.8 Å². The predicted octanol–water partition coefficient (Wildman–Crippen LogP) is 4.21. The second kappa shape index (κ2) is 8.84. The second-order valence-electron chi connectivity index (χ2n) is 7.86. The Morgan fingerprint density at radius 2 is 1.90 bits per heavy atom. The van der Waals surface area contributed by atoms with Crippen molar-refractivity contribution in [3.05, 3.63) is 68.9 Å². The highest BCUT2D eigenvalue weighted by Crippen LogP contribution is 2.28. The summed E-state index contributed by atoms with van der Waals surface area (Å²) < 4.78 is 3.82. The standard InChI is InChI=1S/C21H24N4O2S2/c1-14-7-9-15(10-8-14)18(19(26)22-21(2,3)4)25(12-16-6-5-11-28-16)20(27)17-13-29-24-23-17/h5-11,13,18H,12H2,1-4H3,(H,22,26)/t18-/m0/s1. The van der Waals surface area contributed by atoms with Crippen molar-refractivity contribution in [2.45, 2.75) is 45.8 Å². The minimum atomic E-state index is -0.786. The van der Waals surface area contributed by atoms with Crippen LogP contribution in [0.25, 0.3) is 0 Å². The lowest BCUT2D eigenvalue weighted by molar-refractivity contribution is -0.127. The van der Waals surface area contributed by atoms with E-state index in [9.17, 15) is 9.59 Å². The molecule has 6 nitrogen and oxygen atoms in total. The van der Waals surface area contributed by atoms with Crippen LogP contribution in [0.4, 0.5) is 0 Å². The van der Waals surface area contributed by atoms with Crippen molar-refractivity contribution in [2.24, 2.45) is 0 Å². The molecule has 8 heteroatoms. The summed E-state index contributed by atoms with van der Waals surface area (Å²) in [5, 5.41) is 10.5. The first-order valence-corrected chi connectivity index (χ1v) is 11.0. The Hall–Kier alpha value is -2.58. The number of thiophene rings is 1. The Morgan fingerprint density at radius 3 is 2.45 bits per heavy atom. The van der Waals surface area contributed by atoms with Crippen LogP contribution in [0, 0.1) is 6.92 Å². The highest BCUT2D eigenvalue weighted by molar-refractivity contribution is 7.09. The molecule has 29 heavy (non-hydrogen) atoms. The Bertz CT molecular complexity index is 946. The zero-order valence-electron chi connectivity index (χ0n) is 16.9. The maximum atomic E-state index is 13.4. The number of hydrogen-bond donors (Lipinski definition) is 1. The van der Waals surface area contributed by atoms with Crippen LogP contribution in [0.1, 0.15) is 53.3 Å². The van der Waals surface area contributed by atoms with E-state index in [1.807, 2.05) is 69.5 Å². The minimum absolute atomic E-state index is 0.227. The molecular weight excluding hydrogens is 404 g/mol. The number of nitrogens with one attached hydrogen (secondary N) is 1. The molecule has 152 valence electrons. The average Bonchev–Trinajstić information content (AvgIpc) is 3.34. The molecule has 1 atom stereocenters. The smallest absolute Gasteiger partial charge is 0.276 e. The van der Waals surface area contributed by atoms with Crippen LogP contribution in [-0.2, 0) is 11.3 Å². The molecule has 0 bridgehead atoms. The summed E-state index contributed by atoms with van der Waals surface area (Å²) in [6.45, 7) is 8.07. The summed E-state index contributed by atoms with van der Waals surface area (Å²) in [5.74, 6) is -0.545. The minimum Gasteiger partial charge on any atom is -0.349 e. The van der Waals surface area contributed by atoms with Gasteiger partial charge in [0.25, 0.3) is 5.91 Å². The van der Waals surface area contributed by atoms with Crippen LogP contribution < -0.4 is 5.32 Å². The lowest BCUT2D eigenvalue weighted by atomic mass is 10.00. The molecule has 2 heterocycles. The van der Waals surface area contributed by atoms with Crippen molar-refractivity contribution in [3.8, 4) is 0 Å². The summed E-state index contributed by atoms with van der Waals surface area (Å²) in [7, 11) is 0. The van der Waals surface area contributed by atoms with E-state index in [-0.39, 0.29) is 17.5 Å². The van der Waals surface area contributed by atoms with E-state index in [0.717, 1.165) is 27.5 Å². The third-order valence-corrected chi connectivity index (χ3v) is 5.56. The quantitative estimate of drug-likeness (QED) is 0.638. The number of aryl methyl sites for hydroxylation is 1. The van der Waals surface area contributed by atoms with E-state index >= 15 is 0 Å². The molecule has 2 amide bonds. The number of benzene rings is 1. The lowest BCUT2D eigenvalue weighted by Crippen LogP contribution is -2.49. The third-order valence-electron chi connectivity index (χ3n) is 4.20. The Kier molecular flexibility index (Phi) is 6.44. The number of hydrogen-bond acceptors (Lipinski definition) is 6. The van der Waals surface area contributed by atoms with Crippen LogP contribution >= 0.6 is 22.9 Å². The summed E-state index contributed by atoms with van der Waals surface area (Å²) in [5.41, 5.74) is 1.65. The van der Waals surface area contributed by atoms with Crippen molar-refractivity contribution < 1.29 is 9.59 Å². The topological polar surface area (TPSA) is 75.2 Å². The molecule has 0 fully saturated rings. The molecule has 0 radical (unpaired) electrons. The van der Waals surface area contributed by atoms with Crippen molar-refractivity contribution in [1.82, 2.24) is 19.8 Å². The zero-order valence-corrected chi connectivity index (χ0v) is 18.5. The number of carbonyl (C=O) groups excluding carboxylic acids is 2. The van der Waals surface area contributed by atoms with Gasteiger partial charge >= 0.3 is 0 Å². The average molecular weight is 429 g/mol. The van der Waals surface area contributed by atoms with Crippen LogP contribution in [0.5, 0.6) is 0 Å². The van der Waals surface area contributed by atoms with E-state index in [2.05, 4.69) is 14.9 Å². The molecule has 0 unspecified atom stereocenters. The van der Waals surface area contributed by atoms with Crippen LogP contribution in [0.3, 0.4) is 0 Å². The molecule has 0 spiro atoms. The van der Waals surface area contributed by atoms with E-state index in [0.29, 0.717) is 6.54 Å². The van der Waals surface area contributed by atoms with Gasteiger partial charge in [-0.2, -0.15) is 0 Å². The van der Waals surface area contributed by atoms with Gasteiger partial charge in [0.1, 0.15) is 6.04 Å². The molecule has 2 aromatic heterocycles. The number of amides is 2. The van der Waals surface area contributed by atoms with Gasteiger partial charge in [0.15, 0.2) is 5.69 Å². The Balaban J connectivity index is 2.06. The predicted molar refractivity (Wildman–Crippen MR) is 116 cm³/mol. The summed E-state index contributed by atoms with van der Waals surface area (Å²) >= 11 is 2.66. The van der Waals surface area contributed by atoms with Gasteiger partial charge < -0.3 is 10.2 Å². The largest absolute Gasteiger partial charge is 0.349 e. The molecule has 1 N–H and O–H groups in total. The first kappa shape index (κ1) is 21.1. The molecule has 0 saturated carbocycles. The van der Waals surface area contributed by atoms with Crippen molar-refractivity contribution in [3.63, 3.8) is 0 Å². The van der Waals surface area contributed by atoms with Gasteiger partial charge in [0.05, 0.1) is 6.54 Å². The van der Waals surface area contributed by atoms with Gasteiger partial charge in [-0.1, -0.05) is 40.4 Å². The number of rotatable bonds is 6. The summed E-state index contributed by atoms with van der Waals surface area (Å²) in [6, 6.07) is 10.8. The molecule has 3 rings (SSSR count). The normalized spacial score (nSPS) is 12.4. The maximum Gasteiger partial charge on any atom is 0.276 e. The molecule has 1 aromatic carbocycles. The van der Waals surface area contributed by atoms with Crippen molar-refractivity contribution in [1.29, 1.82) is 0 Å². The number of carbonyl (C=O) groups is 2. The third kappa shape index (κ3) is 5.48. The van der Waals surface area contributed by atoms with Crippen molar-refractivity contribution >= 4 is 34.7 Å². The van der Waals surface area contributed by atoms with Crippen LogP contribution in [0.15, 0.2) is 47.2 Å². The maximum absolute atomic E-state index is 13.4. The Labute approximate surface area is 178 Å². The van der Waals surface area contributed by atoms with E-state index in [4.69, 9.17) is 0 Å². The molecule has 3 aromatic rings. The molecular formula is C21H24N4O2S2. The molecule has 0 saturated heterocycles. The van der Waals surface area contributed by atoms with Gasteiger partial charge in [-0.25, -0.2) is 0 Å². The second-order valence-corrected chi connectivity index (χ2v) is 9.50. The number of nitrogens with zero attached hydrogens (tertiary/aromatic N) is 3. The fourth-order valence-corrected chi connectivity index (χ4v) is 4.05. The van der Waals surface area contributed by atoms with E-state index in [1.54, 1.807) is 21.6 Å². The SMILES string of the molecule is Cc1ccc([C@@H](C(=O)NC(C)(C)C)N(Cc2cccs2)C(=O)c2csnn2)cc1. The van der Waals surface area contributed by atoms with Gasteiger partial charge in [0.2, 0.25) is 5.91 Å². The zero-order chi connectivity index (χ0) is 21.0. The fraction of sp³-hybridized carbons (Fsp3) is 0.333. The first-order chi connectivity index (χ1) is 13.7. The molecule has 0 aliphatic rings. The highest BCUT2D eigenvalue weighted by atomic mass is 32.1. The van der Waals surface area contributed by atoms with Gasteiger partial charge in [-0.05, 0) is 56.2 Å². The van der Waals surface area contributed by atoms with Gasteiger partial charge in [-0.3, -0.25) is 9.59 Å². The first-order valence-electron chi connectivity index (χ1n) is 9.23. The fourth-order valence-electron chi connectivity index (χ4n) is 2.92. The van der Waals surface area contributed by atoms with Gasteiger partial charge in [0, 0.05) is 15.8 Å². The van der Waals surface area contributed by atoms with E-state index < -0.39 is 11.6 Å². The number of aromatic nitrogens is 2. The lowest BCUT2D eigenvalue weighted by Gasteiger charge is -2.33. The monoisotopic (exact) mass is 428 g/mol. The van der Waals surface area contributed by atoms with Gasteiger partial charge in [-0.15, -0.1) is 16.4 Å². The summed E-state index contributed by atoms with van der Waals surface area (Å²) in [6.07, 6.45) is 0.